The maximum Gasteiger partial charge on any atom is 0.349 e. The molecule has 1 aliphatic rings. The lowest BCUT2D eigenvalue weighted by Gasteiger charge is -2.26. The molecule has 3 heterocycles. The van der Waals surface area contributed by atoms with Gasteiger partial charge < -0.3 is 14.6 Å². The first-order chi connectivity index (χ1) is 17.5. The molecule has 4 aromatic rings. The van der Waals surface area contributed by atoms with Crippen molar-refractivity contribution in [3.05, 3.63) is 70.7 Å². The number of fused-ring (bicyclic) bond motifs is 2. The number of ether oxygens (including phenoxy) is 2. The highest BCUT2D eigenvalue weighted by atomic mass is 19.1. The van der Waals surface area contributed by atoms with Crippen LogP contribution in [0.5, 0.6) is 5.75 Å². The number of hydrogen-bond acceptors (Lipinski definition) is 4. The van der Waals surface area contributed by atoms with Gasteiger partial charge in [-0.25, -0.2) is 14.3 Å². The Kier molecular flexibility index (Phi) is 6.23. The number of carboxylic acids is 1. The van der Waals surface area contributed by atoms with Gasteiger partial charge in [0.05, 0.1) is 29.5 Å². The predicted octanol–water partition coefficient (Wildman–Crippen LogP) is 5.50. The maximum absolute atomic E-state index is 15.4. The van der Waals surface area contributed by atoms with Crippen LogP contribution in [0.15, 0.2) is 42.5 Å². The Balaban J connectivity index is 1.87. The van der Waals surface area contributed by atoms with E-state index in [0.717, 1.165) is 28.8 Å². The van der Waals surface area contributed by atoms with Gasteiger partial charge >= 0.3 is 11.6 Å². The number of rotatable bonds is 5. The topological polar surface area (TPSA) is 88.5 Å². The van der Waals surface area contributed by atoms with E-state index in [0.29, 0.717) is 41.2 Å². The van der Waals surface area contributed by atoms with E-state index >= 15 is 4.39 Å². The van der Waals surface area contributed by atoms with Crippen LogP contribution in [0.25, 0.3) is 28.2 Å². The molecule has 37 heavy (non-hydrogen) atoms. The van der Waals surface area contributed by atoms with E-state index in [1.807, 2.05) is 43.3 Å². The molecule has 0 saturated carbocycles. The first-order valence-electron chi connectivity index (χ1n) is 12.4. The summed E-state index contributed by atoms with van der Waals surface area (Å²) < 4.78 is 28.9. The van der Waals surface area contributed by atoms with Crippen molar-refractivity contribution in [3.8, 4) is 28.3 Å². The summed E-state index contributed by atoms with van der Waals surface area (Å²) in [6.45, 7) is 9.58. The SMILES string of the molecule is Cc1nc2cc(-c3ccccc3)[nH][n+]2c(-c2cc(F)c3c(c2C)CCCO3)c1[C@H](OC(C)(C)C)C(=O)O. The molecule has 0 amide bonds. The molecular formula is C29H31FN3O4+. The number of carbonyl (C=O) groups is 1. The number of aromatic amines is 1. The summed E-state index contributed by atoms with van der Waals surface area (Å²) in [6.07, 6.45) is 0.144. The zero-order valence-electron chi connectivity index (χ0n) is 21.7. The van der Waals surface area contributed by atoms with Gasteiger partial charge in [-0.3, -0.25) is 0 Å². The van der Waals surface area contributed by atoms with E-state index in [2.05, 4.69) is 5.10 Å². The van der Waals surface area contributed by atoms with Crippen molar-refractivity contribution in [2.45, 2.75) is 59.2 Å². The summed E-state index contributed by atoms with van der Waals surface area (Å²) in [5.74, 6) is -1.34. The molecule has 1 atom stereocenters. The standard InChI is InChI=1S/C29H30FN3O4/c1-16-19-12-9-13-36-26(19)21(30)14-20(16)25-24(27(28(34)35)37-29(3,4)5)17(2)31-23-15-22(32-33(23)25)18-10-7-6-8-11-18/h6-8,10-11,14-15,27H,9,12-13H2,1-5H3,(H,34,35)/p+1/t27-/m0/s1. The Bertz CT molecular complexity index is 1510. The monoisotopic (exact) mass is 504 g/mol. The Morgan fingerprint density at radius 1 is 1.22 bits per heavy atom. The fourth-order valence-electron chi connectivity index (χ4n) is 5.02. The lowest BCUT2D eigenvalue weighted by atomic mass is 9.91. The van der Waals surface area contributed by atoms with Gasteiger partial charge in [0.25, 0.3) is 0 Å². The van der Waals surface area contributed by atoms with Gasteiger partial charge in [-0.05, 0) is 57.2 Å². The molecule has 0 saturated heterocycles. The number of H-pyrrole nitrogens is 1. The van der Waals surface area contributed by atoms with Crippen molar-refractivity contribution >= 4 is 11.6 Å². The Morgan fingerprint density at radius 2 is 1.95 bits per heavy atom. The normalized spacial score (nSPS) is 14.3. The van der Waals surface area contributed by atoms with Crippen molar-refractivity contribution < 1.29 is 28.3 Å². The van der Waals surface area contributed by atoms with Crippen LogP contribution in [0.1, 0.15) is 55.7 Å². The summed E-state index contributed by atoms with van der Waals surface area (Å²) >= 11 is 0. The number of nitrogens with zero attached hydrogens (tertiary/aromatic N) is 2. The van der Waals surface area contributed by atoms with Crippen molar-refractivity contribution in [2.75, 3.05) is 6.61 Å². The summed E-state index contributed by atoms with van der Waals surface area (Å²) in [6, 6.07) is 13.1. The second-order valence-electron chi connectivity index (χ2n) is 10.4. The minimum absolute atomic E-state index is 0.276. The molecule has 192 valence electrons. The van der Waals surface area contributed by atoms with E-state index < -0.39 is 23.5 Å². The predicted molar refractivity (Wildman–Crippen MR) is 137 cm³/mol. The number of hydrogen-bond donors (Lipinski definition) is 2. The number of halogens is 1. The number of aromatic nitrogens is 3. The molecule has 0 unspecified atom stereocenters. The molecule has 2 aromatic carbocycles. The molecule has 7 nitrogen and oxygen atoms in total. The Morgan fingerprint density at radius 3 is 2.62 bits per heavy atom. The number of aryl methyl sites for hydroxylation is 1. The van der Waals surface area contributed by atoms with Crippen LogP contribution in [0.4, 0.5) is 4.39 Å². The molecular weight excluding hydrogens is 473 g/mol. The van der Waals surface area contributed by atoms with Gasteiger partial charge in [0.15, 0.2) is 29.1 Å². The second-order valence-corrected chi connectivity index (χ2v) is 10.4. The molecule has 2 N–H and O–H groups in total. The first-order valence-corrected chi connectivity index (χ1v) is 12.4. The lowest BCUT2D eigenvalue weighted by molar-refractivity contribution is -0.567. The van der Waals surface area contributed by atoms with Gasteiger partial charge in [0, 0.05) is 23.6 Å². The molecule has 0 bridgehead atoms. The minimum atomic E-state index is -1.32. The minimum Gasteiger partial charge on any atom is -0.490 e. The van der Waals surface area contributed by atoms with Crippen LogP contribution < -0.4 is 9.25 Å². The third-order valence-electron chi connectivity index (χ3n) is 6.62. The molecule has 0 fully saturated rings. The number of aliphatic carboxylic acids is 1. The fourth-order valence-corrected chi connectivity index (χ4v) is 5.02. The first kappa shape index (κ1) is 24.9. The van der Waals surface area contributed by atoms with Gasteiger partial charge in [-0.1, -0.05) is 30.3 Å². The smallest absolute Gasteiger partial charge is 0.349 e. The van der Waals surface area contributed by atoms with Gasteiger partial charge in [-0.15, -0.1) is 4.52 Å². The number of benzene rings is 2. The van der Waals surface area contributed by atoms with Gasteiger partial charge in [0.1, 0.15) is 0 Å². The molecule has 1 aliphatic heterocycles. The van der Waals surface area contributed by atoms with E-state index in [1.165, 1.54) is 6.07 Å². The van der Waals surface area contributed by atoms with Crippen LogP contribution in [-0.2, 0) is 16.0 Å². The zero-order chi connectivity index (χ0) is 26.5. The van der Waals surface area contributed by atoms with E-state index in [4.69, 9.17) is 14.5 Å². The van der Waals surface area contributed by atoms with E-state index in [-0.39, 0.29) is 5.75 Å². The summed E-state index contributed by atoms with van der Waals surface area (Å²) in [7, 11) is 0. The highest BCUT2D eigenvalue weighted by Crippen LogP contribution is 2.40. The highest BCUT2D eigenvalue weighted by molar-refractivity contribution is 5.80. The second kappa shape index (κ2) is 9.27. The average Bonchev–Trinajstić information content (AvgIpc) is 3.28. The highest BCUT2D eigenvalue weighted by Gasteiger charge is 2.38. The largest absolute Gasteiger partial charge is 0.490 e. The summed E-state index contributed by atoms with van der Waals surface area (Å²) in [4.78, 5) is 17.3. The van der Waals surface area contributed by atoms with Crippen LogP contribution in [0.3, 0.4) is 0 Å². The van der Waals surface area contributed by atoms with Crippen molar-refractivity contribution in [1.82, 2.24) is 10.1 Å². The maximum atomic E-state index is 15.4. The van der Waals surface area contributed by atoms with Crippen LogP contribution >= 0.6 is 0 Å². The lowest BCUT2D eigenvalue weighted by Crippen LogP contribution is -2.35. The third-order valence-corrected chi connectivity index (χ3v) is 6.62. The molecule has 0 radical (unpaired) electrons. The number of nitrogens with one attached hydrogen (secondary N) is 1. The Labute approximate surface area is 214 Å². The Hall–Kier alpha value is -3.78. The van der Waals surface area contributed by atoms with Crippen LogP contribution in [0, 0.1) is 19.7 Å². The van der Waals surface area contributed by atoms with Crippen molar-refractivity contribution in [3.63, 3.8) is 0 Å². The number of carboxylic acid groups (broad SMARTS) is 1. The van der Waals surface area contributed by atoms with Crippen LogP contribution in [-0.4, -0.2) is 33.4 Å². The molecule has 0 spiro atoms. The molecule has 0 aliphatic carbocycles. The van der Waals surface area contributed by atoms with Crippen molar-refractivity contribution in [1.29, 1.82) is 0 Å². The summed E-state index contributed by atoms with van der Waals surface area (Å²) in [5, 5.41) is 13.7. The molecule has 5 rings (SSSR count). The third kappa shape index (κ3) is 4.57. The summed E-state index contributed by atoms with van der Waals surface area (Å²) in [5.41, 5.74) is 5.18. The van der Waals surface area contributed by atoms with Gasteiger partial charge in [-0.2, -0.15) is 0 Å². The van der Waals surface area contributed by atoms with E-state index in [9.17, 15) is 9.90 Å². The zero-order valence-corrected chi connectivity index (χ0v) is 21.7. The fraction of sp³-hybridized carbons (Fsp3) is 0.345. The molecule has 2 aromatic heterocycles. The van der Waals surface area contributed by atoms with Gasteiger partial charge in [0.2, 0.25) is 0 Å². The average molecular weight is 505 g/mol. The quantitative estimate of drug-likeness (QED) is 0.350. The van der Waals surface area contributed by atoms with Crippen molar-refractivity contribution in [2.24, 2.45) is 0 Å². The van der Waals surface area contributed by atoms with E-state index in [1.54, 1.807) is 32.2 Å². The van der Waals surface area contributed by atoms with Crippen LogP contribution in [0.2, 0.25) is 0 Å². The molecule has 8 heteroatoms.